The molecule has 1 saturated heterocycles. The van der Waals surface area contributed by atoms with Gasteiger partial charge in [0, 0.05) is 46.4 Å². The second-order valence-corrected chi connectivity index (χ2v) is 6.36. The number of methoxy groups -OCH3 is 1. The molecular weight excluding hydrogens is 306 g/mol. The van der Waals surface area contributed by atoms with Crippen molar-refractivity contribution in [3.8, 4) is 0 Å². The van der Waals surface area contributed by atoms with E-state index in [1.807, 2.05) is 24.3 Å². The van der Waals surface area contributed by atoms with Crippen LogP contribution < -0.4 is 5.32 Å². The maximum Gasteiger partial charge on any atom is 0.321 e. The van der Waals surface area contributed by atoms with Gasteiger partial charge < -0.3 is 19.9 Å². The van der Waals surface area contributed by atoms with Crippen LogP contribution in [0.25, 0.3) is 0 Å². The summed E-state index contributed by atoms with van der Waals surface area (Å²) in [6, 6.07) is 7.57. The summed E-state index contributed by atoms with van der Waals surface area (Å²) in [6.07, 6.45) is 3.20. The highest BCUT2D eigenvalue weighted by atomic mass is 16.5. The molecule has 1 fully saturated rings. The molecule has 6 heteroatoms. The van der Waals surface area contributed by atoms with Crippen LogP contribution in [0.5, 0.6) is 0 Å². The summed E-state index contributed by atoms with van der Waals surface area (Å²) in [5.41, 5.74) is 1.80. The molecule has 0 spiro atoms. The largest absolute Gasteiger partial charge is 0.380 e. The highest BCUT2D eigenvalue weighted by Gasteiger charge is 2.23. The zero-order valence-electron chi connectivity index (χ0n) is 14.7. The van der Waals surface area contributed by atoms with Crippen LogP contribution in [0.4, 0.5) is 10.5 Å². The minimum Gasteiger partial charge on any atom is -0.380 e. The van der Waals surface area contributed by atoms with Gasteiger partial charge in [-0.25, -0.2) is 4.79 Å². The molecule has 2 rings (SSSR count). The molecule has 0 aromatic heterocycles. The van der Waals surface area contributed by atoms with Gasteiger partial charge in [-0.1, -0.05) is 12.1 Å². The fourth-order valence-corrected chi connectivity index (χ4v) is 2.80. The number of carbonyl (C=O) groups excluding carboxylic acids is 2. The molecule has 6 nitrogen and oxygen atoms in total. The third-order valence-corrected chi connectivity index (χ3v) is 4.30. The summed E-state index contributed by atoms with van der Waals surface area (Å²) in [5, 5.41) is 2.94. The molecule has 1 unspecified atom stereocenters. The number of piperidine rings is 1. The van der Waals surface area contributed by atoms with Gasteiger partial charge in [-0.3, -0.25) is 4.79 Å². The maximum absolute atomic E-state index is 12.4. The number of anilines is 1. The summed E-state index contributed by atoms with van der Waals surface area (Å²) >= 11 is 0. The normalized spacial score (nSPS) is 17.5. The second-order valence-electron chi connectivity index (χ2n) is 6.36. The number of benzene rings is 1. The molecule has 1 N–H and O–H groups in total. The standard InChI is InChI=1S/C18H27N3O3/c1-20(2)17(22)10-9-14-6-4-7-15(12-14)19-18(23)21-11-5-8-16(13-21)24-3/h4,6-7,12,16H,5,8-11,13H2,1-3H3,(H,19,23). The number of ether oxygens (including phenoxy) is 1. The van der Waals surface area contributed by atoms with Crippen molar-refractivity contribution in [2.75, 3.05) is 39.6 Å². The predicted octanol–water partition coefficient (Wildman–Crippen LogP) is 2.35. The minimum absolute atomic E-state index is 0.0988. The van der Waals surface area contributed by atoms with Crippen molar-refractivity contribution in [2.24, 2.45) is 0 Å². The molecular formula is C18H27N3O3. The zero-order valence-corrected chi connectivity index (χ0v) is 14.7. The monoisotopic (exact) mass is 333 g/mol. The van der Waals surface area contributed by atoms with Crippen LogP contribution in [-0.4, -0.2) is 62.1 Å². The molecule has 0 bridgehead atoms. The quantitative estimate of drug-likeness (QED) is 0.900. The summed E-state index contributed by atoms with van der Waals surface area (Å²) in [5.74, 6) is 0.100. The highest BCUT2D eigenvalue weighted by molar-refractivity contribution is 5.89. The SMILES string of the molecule is COC1CCCN(C(=O)Nc2cccc(CCC(=O)N(C)C)c2)C1. The highest BCUT2D eigenvalue weighted by Crippen LogP contribution is 2.16. The van der Waals surface area contributed by atoms with Gasteiger partial charge in [0.25, 0.3) is 0 Å². The molecule has 1 heterocycles. The number of urea groups is 1. The minimum atomic E-state index is -0.0988. The lowest BCUT2D eigenvalue weighted by Gasteiger charge is -2.31. The van der Waals surface area contributed by atoms with E-state index < -0.39 is 0 Å². The number of hydrogen-bond acceptors (Lipinski definition) is 3. The molecule has 132 valence electrons. The number of nitrogens with one attached hydrogen (secondary N) is 1. The van der Waals surface area contributed by atoms with Crippen LogP contribution in [0.15, 0.2) is 24.3 Å². The zero-order chi connectivity index (χ0) is 17.5. The van der Waals surface area contributed by atoms with Crippen molar-refractivity contribution in [2.45, 2.75) is 31.8 Å². The van der Waals surface area contributed by atoms with Gasteiger partial charge in [0.1, 0.15) is 0 Å². The van der Waals surface area contributed by atoms with Gasteiger partial charge in [-0.15, -0.1) is 0 Å². The van der Waals surface area contributed by atoms with Gasteiger partial charge in [-0.05, 0) is 37.0 Å². The number of aryl methyl sites for hydroxylation is 1. The van der Waals surface area contributed by atoms with Gasteiger partial charge in [0.15, 0.2) is 0 Å². The van der Waals surface area contributed by atoms with Crippen LogP contribution in [0.3, 0.4) is 0 Å². The van der Waals surface area contributed by atoms with Crippen molar-refractivity contribution in [3.63, 3.8) is 0 Å². The van der Waals surface area contributed by atoms with Crippen molar-refractivity contribution in [1.29, 1.82) is 0 Å². The fraction of sp³-hybridized carbons (Fsp3) is 0.556. The Balaban J connectivity index is 1.91. The third-order valence-electron chi connectivity index (χ3n) is 4.30. The van der Waals surface area contributed by atoms with Crippen LogP contribution in [0, 0.1) is 0 Å². The van der Waals surface area contributed by atoms with Crippen molar-refractivity contribution in [3.05, 3.63) is 29.8 Å². The number of likely N-dealkylation sites (tertiary alicyclic amines) is 1. The van der Waals surface area contributed by atoms with Crippen LogP contribution in [0.1, 0.15) is 24.8 Å². The number of hydrogen-bond donors (Lipinski definition) is 1. The molecule has 0 radical (unpaired) electrons. The van der Waals surface area contributed by atoms with Crippen molar-refractivity contribution in [1.82, 2.24) is 9.80 Å². The van der Waals surface area contributed by atoms with E-state index in [2.05, 4.69) is 5.32 Å². The van der Waals surface area contributed by atoms with Crippen molar-refractivity contribution >= 4 is 17.6 Å². The average molecular weight is 333 g/mol. The Morgan fingerprint density at radius 1 is 1.38 bits per heavy atom. The molecule has 0 saturated carbocycles. The molecule has 1 aromatic rings. The fourth-order valence-electron chi connectivity index (χ4n) is 2.80. The van der Waals surface area contributed by atoms with Gasteiger partial charge >= 0.3 is 6.03 Å². The van der Waals surface area contributed by atoms with Gasteiger partial charge in [0.2, 0.25) is 5.91 Å². The van der Waals surface area contributed by atoms with E-state index in [1.54, 1.807) is 31.0 Å². The number of carbonyl (C=O) groups is 2. The Morgan fingerprint density at radius 2 is 2.17 bits per heavy atom. The van der Waals surface area contributed by atoms with E-state index in [9.17, 15) is 9.59 Å². The van der Waals surface area contributed by atoms with E-state index in [0.29, 0.717) is 19.4 Å². The first-order valence-electron chi connectivity index (χ1n) is 8.37. The lowest BCUT2D eigenvalue weighted by molar-refractivity contribution is -0.128. The number of nitrogens with zero attached hydrogens (tertiary/aromatic N) is 2. The molecule has 24 heavy (non-hydrogen) atoms. The number of rotatable bonds is 5. The smallest absolute Gasteiger partial charge is 0.321 e. The van der Waals surface area contributed by atoms with E-state index in [-0.39, 0.29) is 18.0 Å². The maximum atomic E-state index is 12.4. The van der Waals surface area contributed by atoms with E-state index in [4.69, 9.17) is 4.74 Å². The summed E-state index contributed by atoms with van der Waals surface area (Å²) in [6.45, 7) is 1.38. The Bertz CT molecular complexity index is 574. The van der Waals surface area contributed by atoms with Gasteiger partial charge in [0.05, 0.1) is 6.10 Å². The van der Waals surface area contributed by atoms with Crippen LogP contribution >= 0.6 is 0 Å². The molecule has 1 aromatic carbocycles. The first-order chi connectivity index (χ1) is 11.5. The Kier molecular flexibility index (Phi) is 6.61. The summed E-state index contributed by atoms with van der Waals surface area (Å²) in [7, 11) is 5.19. The predicted molar refractivity (Wildman–Crippen MR) is 94.1 cm³/mol. The van der Waals surface area contributed by atoms with Crippen LogP contribution in [-0.2, 0) is 16.0 Å². The summed E-state index contributed by atoms with van der Waals surface area (Å²) < 4.78 is 5.36. The van der Waals surface area contributed by atoms with E-state index in [1.165, 1.54) is 0 Å². The topological polar surface area (TPSA) is 61.9 Å². The number of amides is 3. The lowest BCUT2D eigenvalue weighted by atomic mass is 10.1. The molecule has 0 aliphatic carbocycles. The molecule has 1 atom stereocenters. The Morgan fingerprint density at radius 3 is 2.88 bits per heavy atom. The van der Waals surface area contributed by atoms with Gasteiger partial charge in [-0.2, -0.15) is 0 Å². The molecule has 1 aliphatic heterocycles. The first kappa shape index (κ1) is 18.3. The van der Waals surface area contributed by atoms with Crippen molar-refractivity contribution < 1.29 is 14.3 Å². The lowest BCUT2D eigenvalue weighted by Crippen LogP contribution is -2.44. The molecule has 3 amide bonds. The summed E-state index contributed by atoms with van der Waals surface area (Å²) in [4.78, 5) is 27.5. The third kappa shape index (κ3) is 5.23. The first-order valence-corrected chi connectivity index (χ1v) is 8.37. The second kappa shape index (κ2) is 8.68. The van der Waals surface area contributed by atoms with Crippen LogP contribution in [0.2, 0.25) is 0 Å². The van der Waals surface area contributed by atoms with E-state index >= 15 is 0 Å². The Labute approximate surface area is 143 Å². The van der Waals surface area contributed by atoms with E-state index in [0.717, 1.165) is 30.6 Å². The Hall–Kier alpha value is -2.08. The average Bonchev–Trinajstić information content (AvgIpc) is 2.59. The molecule has 1 aliphatic rings.